The second-order valence-corrected chi connectivity index (χ2v) is 8.09. The molecule has 1 amide bonds. The third kappa shape index (κ3) is 9.43. The number of amides is 1. The van der Waals surface area contributed by atoms with E-state index >= 15 is 0 Å². The molecular formula is C26H37NO3. The summed E-state index contributed by atoms with van der Waals surface area (Å²) in [6.45, 7) is 3.22. The van der Waals surface area contributed by atoms with Gasteiger partial charge in [0.25, 0.3) is 6.47 Å². The number of hydrogen-bond donors (Lipinski definition) is 1. The molecule has 1 saturated carbocycles. The molecule has 0 radical (unpaired) electrons. The number of hydrogen-bond acceptors (Lipinski definition) is 3. The molecule has 4 heteroatoms. The average Bonchev–Trinajstić information content (AvgIpc) is 3.21. The molecule has 1 N–H and O–H groups in total. The number of ether oxygens (including phenoxy) is 1. The minimum Gasteiger partial charge on any atom is -0.460 e. The third-order valence-corrected chi connectivity index (χ3v) is 5.84. The average molecular weight is 412 g/mol. The van der Waals surface area contributed by atoms with Gasteiger partial charge in [-0.1, -0.05) is 55.0 Å². The zero-order chi connectivity index (χ0) is 21.4. The Bertz CT molecular complexity index is 668. The number of rotatable bonds is 14. The van der Waals surface area contributed by atoms with Crippen LogP contribution in [0.3, 0.4) is 0 Å². The normalized spacial score (nSPS) is 19.9. The summed E-state index contributed by atoms with van der Waals surface area (Å²) >= 11 is 0. The number of unbranched alkanes of at least 4 members (excludes halogenated alkanes) is 1. The lowest BCUT2D eigenvalue weighted by Crippen LogP contribution is -2.21. The van der Waals surface area contributed by atoms with Gasteiger partial charge in [0, 0.05) is 13.0 Å². The molecule has 0 aliphatic heterocycles. The van der Waals surface area contributed by atoms with Crippen molar-refractivity contribution in [1.82, 2.24) is 5.32 Å². The van der Waals surface area contributed by atoms with Crippen LogP contribution in [-0.2, 0) is 20.7 Å². The first-order valence-electron chi connectivity index (χ1n) is 11.5. The molecule has 1 fully saturated rings. The molecule has 0 spiro atoms. The van der Waals surface area contributed by atoms with Crippen molar-refractivity contribution in [2.24, 2.45) is 11.8 Å². The van der Waals surface area contributed by atoms with E-state index in [1.807, 2.05) is 25.1 Å². The number of carbonyl (C=O) groups excluding carboxylic acids is 2. The van der Waals surface area contributed by atoms with E-state index in [1.54, 1.807) is 0 Å². The highest BCUT2D eigenvalue weighted by atomic mass is 16.5. The molecule has 2 rings (SSSR count). The Morgan fingerprint density at radius 1 is 1.23 bits per heavy atom. The van der Waals surface area contributed by atoms with Crippen LogP contribution in [0, 0.1) is 11.8 Å². The Labute approximate surface area is 181 Å². The lowest BCUT2D eigenvalue weighted by molar-refractivity contribution is -0.131. The van der Waals surface area contributed by atoms with Crippen LogP contribution in [0.1, 0.15) is 63.9 Å². The minimum absolute atomic E-state index is 0.145. The van der Waals surface area contributed by atoms with E-state index < -0.39 is 0 Å². The van der Waals surface area contributed by atoms with Crippen LogP contribution in [0.4, 0.5) is 0 Å². The predicted octanol–water partition coefficient (Wildman–Crippen LogP) is 5.39. The Hall–Kier alpha value is -2.36. The van der Waals surface area contributed by atoms with Crippen LogP contribution in [0.25, 0.3) is 0 Å². The maximum atomic E-state index is 11.5. The van der Waals surface area contributed by atoms with Crippen molar-refractivity contribution in [2.75, 3.05) is 6.54 Å². The fourth-order valence-electron chi connectivity index (χ4n) is 4.17. The van der Waals surface area contributed by atoms with E-state index in [2.05, 4.69) is 41.8 Å². The molecule has 1 aliphatic carbocycles. The van der Waals surface area contributed by atoms with Crippen LogP contribution in [0.15, 0.2) is 54.6 Å². The van der Waals surface area contributed by atoms with Gasteiger partial charge in [0.15, 0.2) is 0 Å². The maximum absolute atomic E-state index is 11.5. The Balaban J connectivity index is 1.74. The predicted molar refractivity (Wildman–Crippen MR) is 122 cm³/mol. The van der Waals surface area contributed by atoms with Crippen molar-refractivity contribution in [3.05, 3.63) is 60.2 Å². The molecule has 0 heterocycles. The highest BCUT2D eigenvalue weighted by molar-refractivity contribution is 5.75. The van der Waals surface area contributed by atoms with E-state index in [-0.39, 0.29) is 12.0 Å². The van der Waals surface area contributed by atoms with Crippen molar-refractivity contribution in [1.29, 1.82) is 0 Å². The SMILES string of the molecule is CCNC(=O)CCC/C=C\C[C@H]1CCCC1/C=C/C(CCc1ccccc1)OC=O. The summed E-state index contributed by atoms with van der Waals surface area (Å²) in [5.74, 6) is 1.36. The van der Waals surface area contributed by atoms with Crippen LogP contribution in [-0.4, -0.2) is 25.0 Å². The summed E-state index contributed by atoms with van der Waals surface area (Å²) in [5.41, 5.74) is 1.27. The van der Waals surface area contributed by atoms with Crippen molar-refractivity contribution >= 4 is 12.4 Å². The third-order valence-electron chi connectivity index (χ3n) is 5.84. The molecule has 30 heavy (non-hydrogen) atoms. The van der Waals surface area contributed by atoms with Gasteiger partial charge in [-0.15, -0.1) is 0 Å². The van der Waals surface area contributed by atoms with E-state index in [1.165, 1.54) is 24.8 Å². The van der Waals surface area contributed by atoms with Gasteiger partial charge in [-0.05, 0) is 75.3 Å². The smallest absolute Gasteiger partial charge is 0.293 e. The van der Waals surface area contributed by atoms with E-state index in [4.69, 9.17) is 4.74 Å². The Morgan fingerprint density at radius 2 is 2.07 bits per heavy atom. The largest absolute Gasteiger partial charge is 0.460 e. The molecule has 1 aliphatic rings. The minimum atomic E-state index is -0.159. The molecule has 1 aromatic carbocycles. The van der Waals surface area contributed by atoms with Crippen LogP contribution >= 0.6 is 0 Å². The summed E-state index contributed by atoms with van der Waals surface area (Å²) < 4.78 is 5.31. The van der Waals surface area contributed by atoms with Crippen molar-refractivity contribution in [3.8, 4) is 0 Å². The van der Waals surface area contributed by atoms with Gasteiger partial charge in [-0.2, -0.15) is 0 Å². The number of allylic oxidation sites excluding steroid dienone is 3. The zero-order valence-electron chi connectivity index (χ0n) is 18.3. The molecule has 164 valence electrons. The molecule has 3 atom stereocenters. The second kappa shape index (κ2) is 14.6. The number of aryl methyl sites for hydroxylation is 1. The van der Waals surface area contributed by atoms with Crippen molar-refractivity contribution < 1.29 is 14.3 Å². The van der Waals surface area contributed by atoms with Gasteiger partial charge < -0.3 is 10.1 Å². The first-order chi connectivity index (χ1) is 14.7. The Morgan fingerprint density at radius 3 is 2.83 bits per heavy atom. The Kier molecular flexibility index (Phi) is 11.6. The molecule has 2 unspecified atom stereocenters. The van der Waals surface area contributed by atoms with Gasteiger partial charge in [-0.25, -0.2) is 0 Å². The zero-order valence-corrected chi connectivity index (χ0v) is 18.3. The molecule has 4 nitrogen and oxygen atoms in total. The van der Waals surface area contributed by atoms with Crippen molar-refractivity contribution in [3.63, 3.8) is 0 Å². The summed E-state index contributed by atoms with van der Waals surface area (Å²) in [6.07, 6.45) is 17.7. The summed E-state index contributed by atoms with van der Waals surface area (Å²) in [5, 5.41) is 2.83. The topological polar surface area (TPSA) is 55.4 Å². The van der Waals surface area contributed by atoms with Gasteiger partial charge in [0.05, 0.1) is 0 Å². The van der Waals surface area contributed by atoms with Crippen molar-refractivity contribution in [2.45, 2.75) is 70.8 Å². The van der Waals surface area contributed by atoms with Gasteiger partial charge >= 0.3 is 0 Å². The number of benzene rings is 1. The van der Waals surface area contributed by atoms with Crippen LogP contribution < -0.4 is 5.32 Å². The van der Waals surface area contributed by atoms with Crippen LogP contribution in [0.2, 0.25) is 0 Å². The molecular weight excluding hydrogens is 374 g/mol. The first-order valence-corrected chi connectivity index (χ1v) is 11.5. The van der Waals surface area contributed by atoms with Gasteiger partial charge in [0.2, 0.25) is 5.91 Å². The molecule has 0 saturated heterocycles. The van der Waals surface area contributed by atoms with Crippen LogP contribution in [0.5, 0.6) is 0 Å². The second-order valence-electron chi connectivity index (χ2n) is 8.09. The maximum Gasteiger partial charge on any atom is 0.293 e. The highest BCUT2D eigenvalue weighted by Crippen LogP contribution is 2.35. The molecule has 0 bridgehead atoms. The van der Waals surface area contributed by atoms with Gasteiger partial charge in [-0.3, -0.25) is 9.59 Å². The summed E-state index contributed by atoms with van der Waals surface area (Å²) in [7, 11) is 0. The quantitative estimate of drug-likeness (QED) is 0.254. The van der Waals surface area contributed by atoms with E-state index in [0.717, 1.165) is 32.1 Å². The summed E-state index contributed by atoms with van der Waals surface area (Å²) in [4.78, 5) is 22.4. The standard InChI is InChI=1S/C26H37NO3/c1-2-27-26(29)16-9-4-3-8-13-23-14-10-15-24(23)18-20-25(30-21-28)19-17-22-11-6-5-7-12-22/h3,5-8,11-12,18,20-21,23-25H,2,4,9-10,13-17,19H2,1H3,(H,27,29)/b8-3-,20-18+/t23-,24?,25?/m0/s1. The van der Waals surface area contributed by atoms with E-state index in [9.17, 15) is 9.59 Å². The number of carbonyl (C=O) groups is 2. The lowest BCUT2D eigenvalue weighted by atomic mass is 9.91. The number of nitrogens with one attached hydrogen (secondary N) is 1. The summed E-state index contributed by atoms with van der Waals surface area (Å²) in [6, 6.07) is 10.3. The lowest BCUT2D eigenvalue weighted by Gasteiger charge is -2.16. The molecule has 1 aromatic rings. The van der Waals surface area contributed by atoms with Gasteiger partial charge in [0.1, 0.15) is 6.10 Å². The first kappa shape index (κ1) is 23.9. The highest BCUT2D eigenvalue weighted by Gasteiger charge is 2.24. The molecule has 0 aromatic heterocycles. The fraction of sp³-hybridized carbons (Fsp3) is 0.538. The van der Waals surface area contributed by atoms with E-state index in [0.29, 0.717) is 31.3 Å². The monoisotopic (exact) mass is 411 g/mol. The fourth-order valence-corrected chi connectivity index (χ4v) is 4.17.